The predicted molar refractivity (Wildman–Crippen MR) is 85.9 cm³/mol. The molecule has 3 N–H and O–H groups in total. The highest BCUT2D eigenvalue weighted by molar-refractivity contribution is 7.86. The minimum absolute atomic E-state index is 0.00906. The molecule has 2 aromatic carbocycles. The lowest BCUT2D eigenvalue weighted by atomic mass is 10.1. The van der Waals surface area contributed by atoms with E-state index in [4.69, 9.17) is 15.1 Å². The van der Waals surface area contributed by atoms with Crippen molar-refractivity contribution < 1.29 is 25.9 Å². The Morgan fingerprint density at radius 3 is 2.16 bits per heavy atom. The third-order valence-electron chi connectivity index (χ3n) is 2.97. The van der Waals surface area contributed by atoms with Crippen LogP contribution in [0.3, 0.4) is 0 Å². The highest BCUT2D eigenvalue weighted by Crippen LogP contribution is 2.29. The third-order valence-corrected chi connectivity index (χ3v) is 4.70. The largest absolute Gasteiger partial charge is 0.295 e. The van der Waals surface area contributed by atoms with Crippen LogP contribution < -0.4 is 5.43 Å². The van der Waals surface area contributed by atoms with Gasteiger partial charge in [0.1, 0.15) is 17.0 Å². The molecule has 128 valence electrons. The number of nitriles is 2. The first-order valence-corrected chi connectivity index (χ1v) is 9.11. The molecule has 0 radical (unpaired) electrons. The summed E-state index contributed by atoms with van der Waals surface area (Å²) in [6.45, 7) is 0. The summed E-state index contributed by atoms with van der Waals surface area (Å²) in [6.07, 6.45) is 0. The Kier molecular flexibility index (Phi) is 4.73. The van der Waals surface area contributed by atoms with Crippen molar-refractivity contribution in [1.82, 2.24) is 0 Å². The van der Waals surface area contributed by atoms with Crippen molar-refractivity contribution in [3.05, 3.63) is 30.3 Å². The van der Waals surface area contributed by atoms with Crippen LogP contribution in [-0.2, 0) is 20.2 Å². The molecule has 0 unspecified atom stereocenters. The lowest BCUT2D eigenvalue weighted by Gasteiger charge is -2.08. The number of hydrazone groups is 1. The molecule has 10 nitrogen and oxygen atoms in total. The van der Waals surface area contributed by atoms with Crippen molar-refractivity contribution >= 4 is 42.4 Å². The second-order valence-electron chi connectivity index (χ2n) is 4.60. The summed E-state index contributed by atoms with van der Waals surface area (Å²) in [7, 11) is -9.50. The molecular weight excluding hydrogens is 372 g/mol. The fraction of sp³-hybridized carbons (Fsp3) is 0. The van der Waals surface area contributed by atoms with E-state index in [0.717, 1.165) is 6.07 Å². The standard InChI is InChI=1S/C13H8N4O6S2/c14-6-10(7-15)17-16-9-1-2-12-8(3-9)4-11(24(18,19)20)5-13(12)25(21,22)23/h1-5,16H,(H,18,19,20)(H,21,22,23). The van der Waals surface area contributed by atoms with E-state index in [0.29, 0.717) is 6.07 Å². The van der Waals surface area contributed by atoms with Gasteiger partial charge in [-0.05, 0) is 29.7 Å². The Hall–Kier alpha value is -3.03. The fourth-order valence-electron chi connectivity index (χ4n) is 1.94. The Morgan fingerprint density at radius 1 is 1.00 bits per heavy atom. The van der Waals surface area contributed by atoms with Crippen molar-refractivity contribution in [1.29, 1.82) is 10.5 Å². The average Bonchev–Trinajstić information content (AvgIpc) is 2.52. The van der Waals surface area contributed by atoms with E-state index in [2.05, 4.69) is 10.5 Å². The number of nitrogens with zero attached hydrogens (tertiary/aromatic N) is 3. The summed E-state index contributed by atoms with van der Waals surface area (Å²) in [5.74, 6) is 0. The molecule has 2 rings (SSSR count). The SMILES string of the molecule is N#CC(C#N)=NNc1ccc2c(S(=O)(=O)O)cc(S(=O)(=O)O)cc2c1. The van der Waals surface area contributed by atoms with Crippen molar-refractivity contribution in [2.75, 3.05) is 5.43 Å². The van der Waals surface area contributed by atoms with Crippen LogP contribution in [0.25, 0.3) is 10.8 Å². The molecule has 0 saturated carbocycles. The molecule has 0 bridgehead atoms. The summed E-state index contributed by atoms with van der Waals surface area (Å²) in [5, 5.41) is 20.7. The minimum Gasteiger partial charge on any atom is -0.282 e. The maximum Gasteiger partial charge on any atom is 0.295 e. The molecule has 0 aromatic heterocycles. The zero-order chi connectivity index (χ0) is 18.8. The summed E-state index contributed by atoms with van der Waals surface area (Å²) in [5.41, 5.74) is 2.11. The molecule has 0 saturated heterocycles. The van der Waals surface area contributed by atoms with E-state index in [-0.39, 0.29) is 16.5 Å². The first kappa shape index (κ1) is 18.3. The molecule has 0 fully saturated rings. The predicted octanol–water partition coefficient (Wildman–Crippen LogP) is 1.15. The second-order valence-corrected chi connectivity index (χ2v) is 7.41. The molecule has 0 spiro atoms. The molecule has 25 heavy (non-hydrogen) atoms. The quantitative estimate of drug-likeness (QED) is 0.398. The van der Waals surface area contributed by atoms with Crippen molar-refractivity contribution in [2.24, 2.45) is 5.10 Å². The molecule has 0 heterocycles. The van der Waals surface area contributed by atoms with E-state index < -0.39 is 35.7 Å². The van der Waals surface area contributed by atoms with Crippen LogP contribution in [0.15, 0.2) is 45.2 Å². The van der Waals surface area contributed by atoms with Gasteiger partial charge in [-0.1, -0.05) is 6.07 Å². The number of hydrogen-bond acceptors (Lipinski definition) is 8. The topological polar surface area (TPSA) is 181 Å². The number of fused-ring (bicyclic) bond motifs is 1. The van der Waals surface area contributed by atoms with E-state index in [1.54, 1.807) is 0 Å². The van der Waals surface area contributed by atoms with Crippen LogP contribution in [0, 0.1) is 22.7 Å². The van der Waals surface area contributed by atoms with Crippen LogP contribution in [0.1, 0.15) is 0 Å². The summed E-state index contributed by atoms with van der Waals surface area (Å²) >= 11 is 0. The molecule has 0 aliphatic carbocycles. The lowest BCUT2D eigenvalue weighted by molar-refractivity contribution is 0.482. The van der Waals surface area contributed by atoms with E-state index >= 15 is 0 Å². The van der Waals surface area contributed by atoms with Crippen LogP contribution in [0.4, 0.5) is 5.69 Å². The van der Waals surface area contributed by atoms with Crippen molar-refractivity contribution in [3.8, 4) is 12.1 Å². The molecule has 0 aliphatic rings. The van der Waals surface area contributed by atoms with Gasteiger partial charge in [0, 0.05) is 5.39 Å². The lowest BCUT2D eigenvalue weighted by Crippen LogP contribution is -2.04. The third kappa shape index (κ3) is 4.09. The van der Waals surface area contributed by atoms with Crippen molar-refractivity contribution in [2.45, 2.75) is 9.79 Å². The van der Waals surface area contributed by atoms with Crippen molar-refractivity contribution in [3.63, 3.8) is 0 Å². The minimum atomic E-state index is -4.77. The van der Waals surface area contributed by atoms with Gasteiger partial charge in [0.05, 0.1) is 10.6 Å². The monoisotopic (exact) mass is 380 g/mol. The maximum absolute atomic E-state index is 11.5. The Labute approximate surface area is 142 Å². The number of rotatable bonds is 4. The second kappa shape index (κ2) is 6.46. The fourth-order valence-corrected chi connectivity index (χ4v) is 3.29. The number of hydrogen-bond donors (Lipinski definition) is 3. The zero-order valence-electron chi connectivity index (χ0n) is 12.1. The Morgan fingerprint density at radius 2 is 1.64 bits per heavy atom. The number of nitrogens with one attached hydrogen (secondary N) is 1. The number of anilines is 1. The maximum atomic E-state index is 11.5. The summed E-state index contributed by atoms with van der Waals surface area (Å²) in [4.78, 5) is -1.44. The highest BCUT2D eigenvalue weighted by Gasteiger charge is 2.20. The van der Waals surface area contributed by atoms with Gasteiger partial charge < -0.3 is 0 Å². The molecule has 12 heteroatoms. The van der Waals surface area contributed by atoms with Gasteiger partial charge in [-0.3, -0.25) is 14.5 Å². The molecule has 0 atom stereocenters. The summed E-state index contributed by atoms with van der Waals surface area (Å²) in [6, 6.07) is 8.50. The summed E-state index contributed by atoms with van der Waals surface area (Å²) < 4.78 is 64.0. The molecule has 0 aliphatic heterocycles. The first-order valence-electron chi connectivity index (χ1n) is 6.23. The van der Waals surface area contributed by atoms with Gasteiger partial charge in [0.25, 0.3) is 20.2 Å². The van der Waals surface area contributed by atoms with E-state index in [1.807, 2.05) is 0 Å². The normalized spacial score (nSPS) is 11.4. The van der Waals surface area contributed by atoms with E-state index in [1.165, 1.54) is 30.3 Å². The smallest absolute Gasteiger partial charge is 0.282 e. The van der Waals surface area contributed by atoms with Crippen LogP contribution >= 0.6 is 0 Å². The van der Waals surface area contributed by atoms with Crippen LogP contribution in [0.5, 0.6) is 0 Å². The van der Waals surface area contributed by atoms with E-state index in [9.17, 15) is 21.4 Å². The first-order chi connectivity index (χ1) is 11.6. The average molecular weight is 380 g/mol. The van der Waals surface area contributed by atoms with Gasteiger partial charge in [0.15, 0.2) is 0 Å². The van der Waals surface area contributed by atoms with Gasteiger partial charge in [-0.2, -0.15) is 32.5 Å². The zero-order valence-corrected chi connectivity index (χ0v) is 13.7. The number of benzene rings is 2. The van der Waals surface area contributed by atoms with Gasteiger partial charge in [-0.15, -0.1) is 0 Å². The Balaban J connectivity index is 2.72. The van der Waals surface area contributed by atoms with Crippen LogP contribution in [-0.4, -0.2) is 31.7 Å². The molecule has 2 aromatic rings. The molecular formula is C13H8N4O6S2. The Bertz CT molecular complexity index is 1170. The highest BCUT2D eigenvalue weighted by atomic mass is 32.2. The van der Waals surface area contributed by atoms with Gasteiger partial charge >= 0.3 is 0 Å². The molecule has 0 amide bonds. The van der Waals surface area contributed by atoms with Crippen LogP contribution in [0.2, 0.25) is 0 Å². The van der Waals surface area contributed by atoms with Gasteiger partial charge in [-0.25, -0.2) is 0 Å². The van der Waals surface area contributed by atoms with Gasteiger partial charge in [0.2, 0.25) is 5.71 Å².